The normalized spacial score (nSPS) is 10.5. The van der Waals surface area contributed by atoms with Gasteiger partial charge in [-0.3, -0.25) is 4.79 Å². The van der Waals surface area contributed by atoms with Gasteiger partial charge < -0.3 is 9.88 Å². The molecule has 7 heteroatoms. The molecule has 2 heterocycles. The number of nitrogens with zero attached hydrogens (tertiary/aromatic N) is 3. The molecule has 0 unspecified atom stereocenters. The number of halogens is 1. The summed E-state index contributed by atoms with van der Waals surface area (Å²) < 4.78 is 2.34. The van der Waals surface area contributed by atoms with E-state index in [1.165, 1.54) is 15.9 Å². The van der Waals surface area contributed by atoms with Crippen LogP contribution in [0.2, 0.25) is 0 Å². The molecular weight excluding hydrogens is 304 g/mol. The van der Waals surface area contributed by atoms with E-state index in [9.17, 15) is 4.79 Å². The van der Waals surface area contributed by atoms with Crippen molar-refractivity contribution in [3.05, 3.63) is 32.1 Å². The summed E-state index contributed by atoms with van der Waals surface area (Å²) >= 11 is 4.80. The van der Waals surface area contributed by atoms with Crippen LogP contribution in [0.4, 0.5) is 10.8 Å². The van der Waals surface area contributed by atoms with Crippen molar-refractivity contribution in [2.75, 3.05) is 5.32 Å². The van der Waals surface area contributed by atoms with Crippen LogP contribution in [0.15, 0.2) is 21.5 Å². The van der Waals surface area contributed by atoms with E-state index >= 15 is 0 Å². The number of hydrogen-bond acceptors (Lipinski definition) is 5. The molecule has 1 N–H and O–H groups in total. The van der Waals surface area contributed by atoms with Crippen LogP contribution < -0.4 is 10.9 Å². The first-order chi connectivity index (χ1) is 8.10. The lowest BCUT2D eigenvalue weighted by molar-refractivity contribution is 0.858. The smallest absolute Gasteiger partial charge is 0.274 e. The van der Waals surface area contributed by atoms with Gasteiger partial charge in [0.15, 0.2) is 0 Å². The van der Waals surface area contributed by atoms with E-state index in [1.807, 2.05) is 6.92 Å². The summed E-state index contributed by atoms with van der Waals surface area (Å²) in [6.45, 7) is 2.02. The molecule has 0 saturated carbocycles. The predicted molar refractivity (Wildman–Crippen MR) is 72.0 cm³/mol. The molecule has 0 aliphatic carbocycles. The Labute approximate surface area is 111 Å². The molecular formula is C10H11BrN4OS. The van der Waals surface area contributed by atoms with E-state index in [0.717, 1.165) is 15.9 Å². The van der Waals surface area contributed by atoms with E-state index in [4.69, 9.17) is 0 Å². The minimum Gasteiger partial charge on any atom is -0.326 e. The molecule has 2 aromatic heterocycles. The zero-order valence-electron chi connectivity index (χ0n) is 9.40. The van der Waals surface area contributed by atoms with Crippen LogP contribution in [0.3, 0.4) is 0 Å². The van der Waals surface area contributed by atoms with Crippen LogP contribution in [0.1, 0.15) is 11.9 Å². The Balaban J connectivity index is 2.32. The van der Waals surface area contributed by atoms with Crippen molar-refractivity contribution in [3.63, 3.8) is 0 Å². The zero-order valence-corrected chi connectivity index (χ0v) is 11.8. The van der Waals surface area contributed by atoms with Gasteiger partial charge in [0.2, 0.25) is 5.13 Å². The highest BCUT2D eigenvalue weighted by molar-refractivity contribution is 9.10. The molecule has 0 spiro atoms. The Kier molecular flexibility index (Phi) is 3.58. The molecule has 2 rings (SSSR count). The summed E-state index contributed by atoms with van der Waals surface area (Å²) in [5.41, 5.74) is 0.391. The lowest BCUT2D eigenvalue weighted by atomic mass is 10.4. The van der Waals surface area contributed by atoms with E-state index in [-0.39, 0.29) is 5.56 Å². The van der Waals surface area contributed by atoms with Gasteiger partial charge in [0.25, 0.3) is 5.56 Å². The molecule has 0 aliphatic heterocycles. The molecule has 0 fully saturated rings. The lowest BCUT2D eigenvalue weighted by Crippen LogP contribution is -2.19. The van der Waals surface area contributed by atoms with Crippen molar-refractivity contribution in [2.24, 2.45) is 7.05 Å². The van der Waals surface area contributed by atoms with Gasteiger partial charge in [0.1, 0.15) is 10.7 Å². The van der Waals surface area contributed by atoms with Crippen molar-refractivity contribution < 1.29 is 0 Å². The van der Waals surface area contributed by atoms with Gasteiger partial charge in [-0.15, -0.1) is 10.2 Å². The van der Waals surface area contributed by atoms with Gasteiger partial charge in [0.05, 0.1) is 0 Å². The van der Waals surface area contributed by atoms with Crippen LogP contribution in [-0.4, -0.2) is 14.8 Å². The summed E-state index contributed by atoms with van der Waals surface area (Å²) in [7, 11) is 1.70. The van der Waals surface area contributed by atoms with Crippen LogP contribution in [0, 0.1) is 0 Å². The molecule has 0 amide bonds. The van der Waals surface area contributed by atoms with Gasteiger partial charge in [0, 0.05) is 17.7 Å². The highest BCUT2D eigenvalue weighted by atomic mass is 79.9. The SMILES string of the molecule is CCc1nnc(Nc2cc(Br)cn(C)c2=O)s1. The minimum atomic E-state index is -0.0959. The Hall–Kier alpha value is -1.21. The van der Waals surface area contributed by atoms with Crippen LogP contribution in [0.25, 0.3) is 0 Å². The molecule has 90 valence electrons. The largest absolute Gasteiger partial charge is 0.326 e. The monoisotopic (exact) mass is 314 g/mol. The van der Waals surface area contributed by atoms with Crippen molar-refractivity contribution >= 4 is 38.1 Å². The highest BCUT2D eigenvalue weighted by Crippen LogP contribution is 2.20. The second-order valence-corrected chi connectivity index (χ2v) is 5.45. The summed E-state index contributed by atoms with van der Waals surface area (Å²) in [4.78, 5) is 11.8. The molecule has 0 aliphatic rings. The molecule has 0 aromatic carbocycles. The van der Waals surface area contributed by atoms with E-state index in [2.05, 4.69) is 31.4 Å². The maximum absolute atomic E-state index is 11.8. The minimum absolute atomic E-state index is 0.0959. The second kappa shape index (κ2) is 4.97. The fraction of sp³-hybridized carbons (Fsp3) is 0.300. The third-order valence-corrected chi connectivity index (χ3v) is 3.58. The Bertz CT molecular complexity index is 592. The molecule has 17 heavy (non-hydrogen) atoms. The summed E-state index contributed by atoms with van der Waals surface area (Å²) in [6, 6.07) is 1.73. The van der Waals surface area contributed by atoms with Gasteiger partial charge >= 0.3 is 0 Å². The molecule has 0 atom stereocenters. The Morgan fingerprint density at radius 1 is 1.53 bits per heavy atom. The number of nitrogens with one attached hydrogen (secondary N) is 1. The standard InChI is InChI=1S/C10H11BrN4OS/c1-3-8-13-14-10(17-8)12-7-4-6(11)5-15(2)9(7)16/h4-5H,3H2,1-2H3,(H,12,14). The zero-order chi connectivity index (χ0) is 12.4. The van der Waals surface area contributed by atoms with Crippen molar-refractivity contribution in [2.45, 2.75) is 13.3 Å². The van der Waals surface area contributed by atoms with Crippen molar-refractivity contribution in [1.82, 2.24) is 14.8 Å². The third-order valence-electron chi connectivity index (χ3n) is 2.16. The fourth-order valence-corrected chi connectivity index (χ4v) is 2.55. The average molecular weight is 315 g/mol. The maximum Gasteiger partial charge on any atom is 0.274 e. The molecule has 0 radical (unpaired) electrons. The predicted octanol–water partition coefficient (Wildman–Crippen LogP) is 2.31. The summed E-state index contributed by atoms with van der Waals surface area (Å²) in [5, 5.41) is 12.5. The number of aryl methyl sites for hydroxylation is 2. The van der Waals surface area contributed by atoms with Crippen LogP contribution >= 0.6 is 27.3 Å². The van der Waals surface area contributed by atoms with Gasteiger partial charge in [-0.05, 0) is 28.4 Å². The van der Waals surface area contributed by atoms with Gasteiger partial charge in [-0.25, -0.2) is 0 Å². The van der Waals surface area contributed by atoms with E-state index in [0.29, 0.717) is 10.8 Å². The molecule has 2 aromatic rings. The molecule has 5 nitrogen and oxygen atoms in total. The number of aromatic nitrogens is 3. The maximum atomic E-state index is 11.8. The summed E-state index contributed by atoms with van der Waals surface area (Å²) in [6.07, 6.45) is 2.56. The van der Waals surface area contributed by atoms with Crippen LogP contribution in [0.5, 0.6) is 0 Å². The Morgan fingerprint density at radius 2 is 2.29 bits per heavy atom. The molecule has 0 saturated heterocycles. The molecule has 0 bridgehead atoms. The first-order valence-corrected chi connectivity index (χ1v) is 6.66. The second-order valence-electron chi connectivity index (χ2n) is 3.47. The van der Waals surface area contributed by atoms with E-state index in [1.54, 1.807) is 19.3 Å². The number of rotatable bonds is 3. The summed E-state index contributed by atoms with van der Waals surface area (Å²) in [5.74, 6) is 0. The van der Waals surface area contributed by atoms with Crippen molar-refractivity contribution in [1.29, 1.82) is 0 Å². The van der Waals surface area contributed by atoms with Gasteiger partial charge in [-0.2, -0.15) is 0 Å². The van der Waals surface area contributed by atoms with Gasteiger partial charge in [-0.1, -0.05) is 18.3 Å². The first-order valence-electron chi connectivity index (χ1n) is 5.05. The lowest BCUT2D eigenvalue weighted by Gasteiger charge is -2.04. The first kappa shape index (κ1) is 12.3. The third kappa shape index (κ3) is 2.73. The number of hydrogen-bond donors (Lipinski definition) is 1. The topological polar surface area (TPSA) is 59.8 Å². The Morgan fingerprint density at radius 3 is 2.94 bits per heavy atom. The fourth-order valence-electron chi connectivity index (χ4n) is 1.32. The highest BCUT2D eigenvalue weighted by Gasteiger charge is 2.07. The van der Waals surface area contributed by atoms with Crippen LogP contribution in [-0.2, 0) is 13.5 Å². The average Bonchev–Trinajstić information content (AvgIpc) is 2.73. The number of pyridine rings is 1. The van der Waals surface area contributed by atoms with Crippen molar-refractivity contribution in [3.8, 4) is 0 Å². The quantitative estimate of drug-likeness (QED) is 0.944. The number of anilines is 2. The van der Waals surface area contributed by atoms with E-state index < -0.39 is 0 Å².